The smallest absolute Gasteiger partial charge is 0.300 e. The number of aliphatic hydroxyl groups is 1. The molecule has 0 aromatic heterocycles. The fourth-order valence-electron chi connectivity index (χ4n) is 4.87. The number of ketones is 1. The highest BCUT2D eigenvalue weighted by Gasteiger charge is 2.47. The number of rotatable bonds is 5. The van der Waals surface area contributed by atoms with Crippen molar-refractivity contribution in [2.75, 3.05) is 30.0 Å². The van der Waals surface area contributed by atoms with Crippen LogP contribution in [0.15, 0.2) is 72.3 Å². The first-order valence-corrected chi connectivity index (χ1v) is 12.1. The average molecular weight is 505 g/mol. The molecule has 3 aromatic rings. The summed E-state index contributed by atoms with van der Waals surface area (Å²) in [5.74, 6) is -1.64. The molecule has 0 radical (unpaired) electrons. The van der Waals surface area contributed by atoms with E-state index < -0.39 is 17.7 Å². The zero-order valence-corrected chi connectivity index (χ0v) is 20.4. The maximum absolute atomic E-state index is 13.4. The number of benzene rings is 3. The van der Waals surface area contributed by atoms with Crippen molar-refractivity contribution in [2.45, 2.75) is 18.9 Å². The lowest BCUT2D eigenvalue weighted by molar-refractivity contribution is -0.132. The van der Waals surface area contributed by atoms with E-state index >= 15 is 0 Å². The number of hydrogen-bond donors (Lipinski definition) is 2. The standard InChI is InChI=1S/C28H25ClN2O5/c1-36-23-16-18(7-12-22(23)29)26(33)24-25(17-5-4-6-21(32)15-17)31(28(35)27(24)34)20-10-8-19(9-11-20)30-13-2-3-14-30/h4-12,15-16,25,32-33H,2-3,13-14H2,1H3/b26-24-. The summed E-state index contributed by atoms with van der Waals surface area (Å²) in [4.78, 5) is 30.3. The molecule has 0 bridgehead atoms. The number of phenolic OH excluding ortho intramolecular Hbond substituents is 1. The summed E-state index contributed by atoms with van der Waals surface area (Å²) >= 11 is 6.13. The van der Waals surface area contributed by atoms with E-state index in [1.807, 2.05) is 12.1 Å². The van der Waals surface area contributed by atoms with Gasteiger partial charge >= 0.3 is 0 Å². The number of aliphatic hydroxyl groups excluding tert-OH is 1. The van der Waals surface area contributed by atoms with Crippen LogP contribution < -0.4 is 14.5 Å². The molecule has 184 valence electrons. The number of Topliss-reactive ketones (excluding diaryl/α,β-unsaturated/α-hetero) is 1. The van der Waals surface area contributed by atoms with Gasteiger partial charge in [-0.3, -0.25) is 14.5 Å². The molecule has 5 rings (SSSR count). The highest BCUT2D eigenvalue weighted by molar-refractivity contribution is 6.51. The minimum absolute atomic E-state index is 0.0179. The highest BCUT2D eigenvalue weighted by Crippen LogP contribution is 2.43. The molecule has 1 amide bonds. The summed E-state index contributed by atoms with van der Waals surface area (Å²) in [6, 6.07) is 17.5. The molecule has 7 nitrogen and oxygen atoms in total. The van der Waals surface area contributed by atoms with Crippen LogP contribution in [0.2, 0.25) is 5.02 Å². The van der Waals surface area contributed by atoms with Crippen molar-refractivity contribution in [3.63, 3.8) is 0 Å². The SMILES string of the molecule is COc1cc(/C(O)=C2/C(=O)C(=O)N(c3ccc(N4CCCC4)cc3)C2c2cccc(O)c2)ccc1Cl. The molecule has 2 fully saturated rings. The minimum Gasteiger partial charge on any atom is -0.508 e. The van der Waals surface area contributed by atoms with Crippen LogP contribution >= 0.6 is 11.6 Å². The van der Waals surface area contributed by atoms with Gasteiger partial charge < -0.3 is 19.8 Å². The van der Waals surface area contributed by atoms with E-state index in [2.05, 4.69) is 4.90 Å². The summed E-state index contributed by atoms with van der Waals surface area (Å²) in [5, 5.41) is 21.8. The van der Waals surface area contributed by atoms with Gasteiger partial charge in [0.15, 0.2) is 0 Å². The van der Waals surface area contributed by atoms with Crippen LogP contribution in [-0.4, -0.2) is 42.1 Å². The Balaban J connectivity index is 1.64. The molecule has 0 aliphatic carbocycles. The number of methoxy groups -OCH3 is 1. The van der Waals surface area contributed by atoms with Crippen molar-refractivity contribution in [3.8, 4) is 11.5 Å². The van der Waals surface area contributed by atoms with Crippen LogP contribution in [-0.2, 0) is 9.59 Å². The molecule has 0 saturated carbocycles. The van der Waals surface area contributed by atoms with Crippen molar-refractivity contribution in [1.82, 2.24) is 0 Å². The van der Waals surface area contributed by atoms with Crippen LogP contribution in [0.1, 0.15) is 30.0 Å². The molecule has 8 heteroatoms. The number of amides is 1. The molecule has 3 aromatic carbocycles. The van der Waals surface area contributed by atoms with Gasteiger partial charge in [-0.05, 0) is 73.0 Å². The third-order valence-electron chi connectivity index (χ3n) is 6.65. The number of nitrogens with zero attached hydrogens (tertiary/aromatic N) is 2. The van der Waals surface area contributed by atoms with E-state index in [9.17, 15) is 19.8 Å². The topological polar surface area (TPSA) is 90.3 Å². The summed E-state index contributed by atoms with van der Waals surface area (Å²) in [5.41, 5.74) is 2.25. The quantitative estimate of drug-likeness (QED) is 0.279. The molecule has 1 atom stereocenters. The Morgan fingerprint density at radius 2 is 1.67 bits per heavy atom. The predicted octanol–water partition coefficient (Wildman–Crippen LogP) is 5.28. The first-order chi connectivity index (χ1) is 17.4. The lowest BCUT2D eigenvalue weighted by atomic mass is 9.95. The Morgan fingerprint density at radius 3 is 2.33 bits per heavy atom. The van der Waals surface area contributed by atoms with E-state index in [1.54, 1.807) is 36.4 Å². The van der Waals surface area contributed by atoms with Gasteiger partial charge in [-0.1, -0.05) is 23.7 Å². The second-order valence-electron chi connectivity index (χ2n) is 8.82. The average Bonchev–Trinajstić information content (AvgIpc) is 3.51. The van der Waals surface area contributed by atoms with Gasteiger partial charge in [-0.15, -0.1) is 0 Å². The largest absolute Gasteiger partial charge is 0.508 e. The first kappa shape index (κ1) is 23.8. The minimum atomic E-state index is -0.948. The van der Waals surface area contributed by atoms with E-state index in [4.69, 9.17) is 16.3 Å². The number of anilines is 2. The zero-order chi connectivity index (χ0) is 25.4. The third kappa shape index (κ3) is 4.16. The first-order valence-electron chi connectivity index (χ1n) is 11.7. The monoisotopic (exact) mass is 504 g/mol. The Labute approximate surface area is 213 Å². The molecule has 2 aliphatic heterocycles. The van der Waals surface area contributed by atoms with Gasteiger partial charge in [0.05, 0.1) is 23.7 Å². The van der Waals surface area contributed by atoms with Crippen molar-refractivity contribution in [3.05, 3.63) is 88.5 Å². The van der Waals surface area contributed by atoms with Gasteiger partial charge in [0.2, 0.25) is 0 Å². The molecule has 1 unspecified atom stereocenters. The molecular weight excluding hydrogens is 480 g/mol. The summed E-state index contributed by atoms with van der Waals surface area (Å²) < 4.78 is 5.25. The van der Waals surface area contributed by atoms with Crippen LogP contribution in [0, 0.1) is 0 Å². The fourth-order valence-corrected chi connectivity index (χ4v) is 5.07. The number of ether oxygens (including phenoxy) is 1. The summed E-state index contributed by atoms with van der Waals surface area (Å²) in [6.45, 7) is 1.97. The van der Waals surface area contributed by atoms with Crippen LogP contribution in [0.25, 0.3) is 5.76 Å². The van der Waals surface area contributed by atoms with Gasteiger partial charge in [0.1, 0.15) is 17.3 Å². The molecule has 36 heavy (non-hydrogen) atoms. The lowest BCUT2D eigenvalue weighted by Crippen LogP contribution is -2.29. The van der Waals surface area contributed by atoms with Crippen molar-refractivity contribution in [2.24, 2.45) is 0 Å². The van der Waals surface area contributed by atoms with Crippen molar-refractivity contribution >= 4 is 40.4 Å². The van der Waals surface area contributed by atoms with E-state index in [0.29, 0.717) is 22.0 Å². The van der Waals surface area contributed by atoms with Gasteiger partial charge in [-0.2, -0.15) is 0 Å². The predicted molar refractivity (Wildman–Crippen MR) is 139 cm³/mol. The van der Waals surface area contributed by atoms with Gasteiger partial charge in [0, 0.05) is 30.0 Å². The van der Waals surface area contributed by atoms with Crippen LogP contribution in [0.4, 0.5) is 11.4 Å². The molecule has 0 spiro atoms. The van der Waals surface area contributed by atoms with E-state index in [-0.39, 0.29) is 22.6 Å². The molecule has 2 aliphatic rings. The number of carbonyl (C=O) groups is 2. The fraction of sp³-hybridized carbons (Fsp3) is 0.214. The molecule has 2 saturated heterocycles. The number of halogens is 1. The number of hydrogen-bond acceptors (Lipinski definition) is 6. The lowest BCUT2D eigenvalue weighted by Gasteiger charge is -2.26. The Morgan fingerprint density at radius 1 is 0.972 bits per heavy atom. The Bertz CT molecular complexity index is 1360. The maximum Gasteiger partial charge on any atom is 0.300 e. The zero-order valence-electron chi connectivity index (χ0n) is 19.6. The Kier molecular flexibility index (Phi) is 6.33. The number of aromatic hydroxyl groups is 1. The second kappa shape index (κ2) is 9.59. The molecule has 2 N–H and O–H groups in total. The maximum atomic E-state index is 13.4. The van der Waals surface area contributed by atoms with E-state index in [1.165, 1.54) is 30.2 Å². The van der Waals surface area contributed by atoms with E-state index in [0.717, 1.165) is 31.6 Å². The van der Waals surface area contributed by atoms with Gasteiger partial charge in [0.25, 0.3) is 11.7 Å². The Hall–Kier alpha value is -3.97. The summed E-state index contributed by atoms with van der Waals surface area (Å²) in [6.07, 6.45) is 2.28. The van der Waals surface area contributed by atoms with Crippen molar-refractivity contribution < 1.29 is 24.5 Å². The second-order valence-corrected chi connectivity index (χ2v) is 9.23. The summed E-state index contributed by atoms with van der Waals surface area (Å²) in [7, 11) is 1.45. The van der Waals surface area contributed by atoms with Crippen LogP contribution in [0.5, 0.6) is 11.5 Å². The third-order valence-corrected chi connectivity index (χ3v) is 6.97. The van der Waals surface area contributed by atoms with Crippen molar-refractivity contribution in [1.29, 1.82) is 0 Å². The number of carbonyl (C=O) groups excluding carboxylic acids is 2. The molecular formula is C28H25ClN2O5. The normalized spacial score (nSPS) is 19.2. The molecule has 2 heterocycles. The highest BCUT2D eigenvalue weighted by atomic mass is 35.5. The van der Waals surface area contributed by atoms with Gasteiger partial charge in [-0.25, -0.2) is 0 Å². The number of phenols is 1. The van der Waals surface area contributed by atoms with Crippen LogP contribution in [0.3, 0.4) is 0 Å².